The number of likely N-dealkylation sites (tertiary alicyclic amines) is 1. The number of hydrogen-bond acceptors (Lipinski definition) is 4. The van der Waals surface area contributed by atoms with Crippen molar-refractivity contribution in [2.75, 3.05) is 33.2 Å². The van der Waals surface area contributed by atoms with Crippen molar-refractivity contribution in [2.45, 2.75) is 12.6 Å². The fourth-order valence-corrected chi connectivity index (χ4v) is 3.71. The lowest BCUT2D eigenvalue weighted by Gasteiger charge is -2.26. The highest BCUT2D eigenvalue weighted by molar-refractivity contribution is 7.10. The van der Waals surface area contributed by atoms with Gasteiger partial charge in [-0.25, -0.2) is 0 Å². The fraction of sp³-hybridized carbons (Fsp3) is 0.615. The zero-order valence-electron chi connectivity index (χ0n) is 10.6. The van der Waals surface area contributed by atoms with Crippen LogP contribution in [0.4, 0.5) is 0 Å². The van der Waals surface area contributed by atoms with E-state index in [0.29, 0.717) is 12.5 Å². The average molecular weight is 265 g/mol. The minimum atomic E-state index is 0.100. The Kier molecular flexibility index (Phi) is 3.37. The lowest BCUT2D eigenvalue weighted by Crippen LogP contribution is -2.35. The lowest BCUT2D eigenvalue weighted by molar-refractivity contribution is -0.128. The van der Waals surface area contributed by atoms with E-state index >= 15 is 0 Å². The summed E-state index contributed by atoms with van der Waals surface area (Å²) in [5, 5.41) is 5.39. The van der Waals surface area contributed by atoms with Gasteiger partial charge in [0.2, 0.25) is 5.91 Å². The fourth-order valence-electron chi connectivity index (χ4n) is 2.90. The molecule has 3 rings (SSSR count). The Labute approximate surface area is 112 Å². The van der Waals surface area contributed by atoms with Gasteiger partial charge in [-0.1, -0.05) is 6.07 Å². The smallest absolute Gasteiger partial charge is 0.238 e. The van der Waals surface area contributed by atoms with Gasteiger partial charge in [-0.05, 0) is 37.4 Å². The van der Waals surface area contributed by atoms with Crippen molar-refractivity contribution in [3.05, 3.63) is 22.4 Å². The maximum Gasteiger partial charge on any atom is 0.238 e. The number of amides is 1. The highest BCUT2D eigenvalue weighted by atomic mass is 32.1. The minimum Gasteiger partial charge on any atom is -0.321 e. The van der Waals surface area contributed by atoms with Crippen LogP contribution in [-0.2, 0) is 4.79 Å². The normalized spacial score (nSPS) is 29.4. The molecule has 1 aromatic heterocycles. The third-order valence-electron chi connectivity index (χ3n) is 3.84. The Morgan fingerprint density at radius 1 is 1.56 bits per heavy atom. The van der Waals surface area contributed by atoms with Crippen LogP contribution in [0.15, 0.2) is 17.5 Å². The molecule has 0 aliphatic carbocycles. The van der Waals surface area contributed by atoms with Gasteiger partial charge >= 0.3 is 0 Å². The molecule has 1 amide bonds. The van der Waals surface area contributed by atoms with Crippen molar-refractivity contribution < 1.29 is 4.79 Å². The third kappa shape index (κ3) is 2.30. The maximum absolute atomic E-state index is 12.0. The van der Waals surface area contributed by atoms with Crippen molar-refractivity contribution in [1.82, 2.24) is 15.1 Å². The molecule has 0 spiro atoms. The predicted octanol–water partition coefficient (Wildman–Crippen LogP) is 1.13. The van der Waals surface area contributed by atoms with E-state index in [0.717, 1.165) is 19.6 Å². The van der Waals surface area contributed by atoms with E-state index in [1.165, 1.54) is 11.3 Å². The first-order valence-corrected chi connectivity index (χ1v) is 7.37. The Bertz CT molecular complexity index is 420. The zero-order valence-corrected chi connectivity index (χ0v) is 11.4. The summed E-state index contributed by atoms with van der Waals surface area (Å²) in [5.41, 5.74) is 0. The Balaban J connectivity index is 1.70. The molecule has 2 aliphatic rings. The number of thiophene rings is 1. The van der Waals surface area contributed by atoms with Crippen LogP contribution in [0.25, 0.3) is 0 Å². The summed E-state index contributed by atoms with van der Waals surface area (Å²) in [4.78, 5) is 17.6. The maximum atomic E-state index is 12.0. The first kappa shape index (κ1) is 12.1. The van der Waals surface area contributed by atoms with Gasteiger partial charge < -0.3 is 9.80 Å². The van der Waals surface area contributed by atoms with E-state index in [9.17, 15) is 4.79 Å². The van der Waals surface area contributed by atoms with Gasteiger partial charge in [-0.15, -0.1) is 11.3 Å². The molecule has 2 saturated heterocycles. The molecule has 2 aliphatic heterocycles. The quantitative estimate of drug-likeness (QED) is 0.890. The second-order valence-corrected chi connectivity index (χ2v) is 6.24. The number of rotatable bonds is 3. The molecule has 98 valence electrons. The molecule has 0 bridgehead atoms. The van der Waals surface area contributed by atoms with Gasteiger partial charge in [0.25, 0.3) is 0 Å². The van der Waals surface area contributed by atoms with Crippen LogP contribution in [0.3, 0.4) is 0 Å². The highest BCUT2D eigenvalue weighted by Gasteiger charge is 2.34. The molecule has 4 nitrogen and oxygen atoms in total. The average Bonchev–Trinajstić information content (AvgIpc) is 3.03. The lowest BCUT2D eigenvalue weighted by atomic mass is 10.1. The predicted molar refractivity (Wildman–Crippen MR) is 72.4 cm³/mol. The first-order valence-electron chi connectivity index (χ1n) is 6.49. The van der Waals surface area contributed by atoms with Gasteiger partial charge in [0.15, 0.2) is 0 Å². The molecular formula is C13H19N3OS. The Hall–Kier alpha value is -0.910. The Morgan fingerprint density at radius 3 is 3.11 bits per heavy atom. The summed E-state index contributed by atoms with van der Waals surface area (Å²) < 4.78 is 0. The first-order chi connectivity index (χ1) is 8.74. The number of nitrogens with zero attached hydrogens (tertiary/aromatic N) is 2. The summed E-state index contributed by atoms with van der Waals surface area (Å²) in [6.07, 6.45) is 1.31. The van der Waals surface area contributed by atoms with E-state index in [4.69, 9.17) is 0 Å². The van der Waals surface area contributed by atoms with Crippen molar-refractivity contribution in [2.24, 2.45) is 5.92 Å². The number of carbonyl (C=O) groups is 1. The minimum absolute atomic E-state index is 0.100. The monoisotopic (exact) mass is 265 g/mol. The summed E-state index contributed by atoms with van der Waals surface area (Å²) in [5.74, 6) is 0.865. The van der Waals surface area contributed by atoms with E-state index in [1.54, 1.807) is 11.3 Å². The molecule has 2 atom stereocenters. The second kappa shape index (κ2) is 4.99. The zero-order chi connectivity index (χ0) is 12.5. The summed E-state index contributed by atoms with van der Waals surface area (Å²) in [6, 6.07) is 4.15. The molecule has 5 heteroatoms. The molecule has 2 unspecified atom stereocenters. The number of carbonyl (C=O) groups excluding carboxylic acids is 1. The summed E-state index contributed by atoms with van der Waals surface area (Å²) >= 11 is 1.72. The highest BCUT2D eigenvalue weighted by Crippen LogP contribution is 2.28. The Morgan fingerprint density at radius 2 is 2.44 bits per heavy atom. The van der Waals surface area contributed by atoms with Gasteiger partial charge in [0.1, 0.15) is 6.17 Å². The SMILES string of the molecule is CN1CCC(CN2C(=O)CNC2c2cccs2)C1. The molecule has 0 saturated carbocycles. The molecule has 3 heterocycles. The molecule has 1 aromatic rings. The molecule has 0 aromatic carbocycles. The van der Waals surface area contributed by atoms with Crippen LogP contribution in [0.5, 0.6) is 0 Å². The van der Waals surface area contributed by atoms with Gasteiger partial charge in [0.05, 0.1) is 6.54 Å². The van der Waals surface area contributed by atoms with Crippen LogP contribution in [-0.4, -0.2) is 48.9 Å². The van der Waals surface area contributed by atoms with Gasteiger partial charge in [0, 0.05) is 18.0 Å². The van der Waals surface area contributed by atoms with E-state index in [1.807, 2.05) is 11.0 Å². The van der Waals surface area contributed by atoms with E-state index in [-0.39, 0.29) is 12.1 Å². The molecule has 1 N–H and O–H groups in total. The summed E-state index contributed by atoms with van der Waals surface area (Å²) in [7, 11) is 2.15. The van der Waals surface area contributed by atoms with Crippen molar-refractivity contribution in [3.8, 4) is 0 Å². The second-order valence-electron chi connectivity index (χ2n) is 5.26. The van der Waals surface area contributed by atoms with Crippen LogP contribution < -0.4 is 5.32 Å². The molecule has 2 fully saturated rings. The van der Waals surface area contributed by atoms with Crippen LogP contribution in [0.1, 0.15) is 17.5 Å². The molecular weight excluding hydrogens is 246 g/mol. The van der Waals surface area contributed by atoms with Crippen molar-refractivity contribution in [3.63, 3.8) is 0 Å². The van der Waals surface area contributed by atoms with Crippen LogP contribution >= 0.6 is 11.3 Å². The third-order valence-corrected chi connectivity index (χ3v) is 4.76. The van der Waals surface area contributed by atoms with Gasteiger partial charge in [-0.3, -0.25) is 10.1 Å². The molecule has 0 radical (unpaired) electrons. The van der Waals surface area contributed by atoms with Crippen molar-refractivity contribution >= 4 is 17.2 Å². The summed E-state index contributed by atoms with van der Waals surface area (Å²) in [6.45, 7) is 3.63. The van der Waals surface area contributed by atoms with E-state index < -0.39 is 0 Å². The van der Waals surface area contributed by atoms with Gasteiger partial charge in [-0.2, -0.15) is 0 Å². The largest absolute Gasteiger partial charge is 0.321 e. The standard InChI is InChI=1S/C13H19N3OS/c1-15-5-4-10(8-15)9-16-12(17)7-14-13(16)11-3-2-6-18-11/h2-3,6,10,13-14H,4-5,7-9H2,1H3. The van der Waals surface area contributed by atoms with Crippen LogP contribution in [0, 0.1) is 5.92 Å². The van der Waals surface area contributed by atoms with E-state index in [2.05, 4.69) is 28.7 Å². The number of nitrogens with one attached hydrogen (secondary N) is 1. The molecule has 18 heavy (non-hydrogen) atoms. The number of hydrogen-bond donors (Lipinski definition) is 1. The van der Waals surface area contributed by atoms with Crippen molar-refractivity contribution in [1.29, 1.82) is 0 Å². The van der Waals surface area contributed by atoms with Crippen LogP contribution in [0.2, 0.25) is 0 Å². The topological polar surface area (TPSA) is 35.6 Å².